The first kappa shape index (κ1) is 41.2. The summed E-state index contributed by atoms with van der Waals surface area (Å²) in [6.45, 7) is 2.21. The number of benzene rings is 2. The van der Waals surface area contributed by atoms with Gasteiger partial charge in [0.05, 0.1) is 24.5 Å². The van der Waals surface area contributed by atoms with Gasteiger partial charge in [-0.15, -0.1) is 26.3 Å². The van der Waals surface area contributed by atoms with Crippen molar-refractivity contribution in [1.29, 1.82) is 0 Å². The van der Waals surface area contributed by atoms with Crippen LogP contribution in [0.25, 0.3) is 22.5 Å². The van der Waals surface area contributed by atoms with E-state index in [1.54, 1.807) is 20.8 Å². The first-order chi connectivity index (χ1) is 26.1. The fourth-order valence-corrected chi connectivity index (χ4v) is 5.78. The molecular formula is C37H33F8N5O6. The third-order valence-corrected chi connectivity index (χ3v) is 8.24. The summed E-state index contributed by atoms with van der Waals surface area (Å²) in [6.07, 6.45) is -8.69. The van der Waals surface area contributed by atoms with Crippen LogP contribution in [0.5, 0.6) is 11.5 Å². The molecular weight excluding hydrogens is 762 g/mol. The molecule has 298 valence electrons. The van der Waals surface area contributed by atoms with Crippen molar-refractivity contribution in [3.8, 4) is 34.0 Å². The van der Waals surface area contributed by atoms with Crippen molar-refractivity contribution < 1.29 is 63.9 Å². The Balaban J connectivity index is 1.36. The van der Waals surface area contributed by atoms with Crippen molar-refractivity contribution in [2.24, 2.45) is 5.41 Å². The highest BCUT2D eigenvalue weighted by Crippen LogP contribution is 2.38. The van der Waals surface area contributed by atoms with Crippen LogP contribution in [0, 0.1) is 5.41 Å². The number of ether oxygens (including phenoxy) is 3. The van der Waals surface area contributed by atoms with Crippen LogP contribution < -0.4 is 9.47 Å². The second-order valence-corrected chi connectivity index (χ2v) is 13.6. The fourth-order valence-electron chi connectivity index (χ4n) is 5.78. The van der Waals surface area contributed by atoms with Gasteiger partial charge in [-0.25, -0.2) is 4.79 Å². The zero-order valence-electron chi connectivity index (χ0n) is 29.8. The minimum absolute atomic E-state index is 0.144. The molecule has 0 spiro atoms. The highest BCUT2D eigenvalue weighted by atomic mass is 19.4. The largest absolute Gasteiger partial charge is 0.573 e. The van der Waals surface area contributed by atoms with Gasteiger partial charge in [-0.2, -0.15) is 10.2 Å². The smallest absolute Gasteiger partial charge is 0.444 e. The lowest BCUT2D eigenvalue weighted by molar-refractivity contribution is -0.275. The minimum atomic E-state index is -4.91. The highest BCUT2D eigenvalue weighted by Gasteiger charge is 2.56. The van der Waals surface area contributed by atoms with Crippen molar-refractivity contribution in [1.82, 2.24) is 25.1 Å². The molecule has 0 atom stereocenters. The predicted molar refractivity (Wildman–Crippen MR) is 181 cm³/mol. The van der Waals surface area contributed by atoms with E-state index in [1.165, 1.54) is 60.9 Å². The van der Waals surface area contributed by atoms with Crippen molar-refractivity contribution in [3.63, 3.8) is 0 Å². The number of rotatable bonds is 10. The van der Waals surface area contributed by atoms with Crippen LogP contribution in [0.1, 0.15) is 38.3 Å². The molecule has 11 nitrogen and oxygen atoms in total. The molecule has 4 aromatic rings. The second-order valence-electron chi connectivity index (χ2n) is 13.6. The lowest BCUT2D eigenvalue weighted by atomic mass is 9.84. The molecule has 19 heteroatoms. The van der Waals surface area contributed by atoms with Crippen LogP contribution in [0.2, 0.25) is 0 Å². The number of pyridine rings is 2. The summed E-state index contributed by atoms with van der Waals surface area (Å²) in [5, 5.41) is -0.583. The molecule has 3 heterocycles. The zero-order chi connectivity index (χ0) is 41.1. The number of likely N-dealkylation sites (tertiary alicyclic amines) is 1. The van der Waals surface area contributed by atoms with Gasteiger partial charge >= 0.3 is 18.8 Å². The summed E-state index contributed by atoms with van der Waals surface area (Å²) in [6, 6.07) is 14.8. The van der Waals surface area contributed by atoms with Crippen molar-refractivity contribution >= 4 is 17.9 Å². The molecule has 56 heavy (non-hydrogen) atoms. The maximum absolute atomic E-state index is 16.0. The number of hydrogen-bond donors (Lipinski definition) is 0. The molecule has 1 aliphatic rings. The number of hydrogen-bond acceptors (Lipinski definition) is 8. The van der Waals surface area contributed by atoms with E-state index >= 15 is 8.96 Å². The Kier molecular flexibility index (Phi) is 11.8. The number of alkyl halides is 6. The average molecular weight is 796 g/mol. The van der Waals surface area contributed by atoms with Gasteiger partial charge in [0.2, 0.25) is 0 Å². The molecule has 3 amide bonds. The lowest BCUT2D eigenvalue weighted by Crippen LogP contribution is -2.52. The molecule has 2 aromatic heterocycles. The maximum atomic E-state index is 16.0. The Hall–Kier alpha value is -6.01. The molecule has 0 bridgehead atoms. The molecule has 1 fully saturated rings. The second kappa shape index (κ2) is 16.0. The van der Waals surface area contributed by atoms with Gasteiger partial charge in [0.1, 0.15) is 17.1 Å². The molecule has 2 aromatic carbocycles. The normalized spacial score (nSPS) is 14.2. The third-order valence-electron chi connectivity index (χ3n) is 8.24. The highest BCUT2D eigenvalue weighted by molar-refractivity contribution is 6.05. The first-order valence-electron chi connectivity index (χ1n) is 16.7. The summed E-state index contributed by atoms with van der Waals surface area (Å²) < 4.78 is 121. The Bertz CT molecular complexity index is 1920. The summed E-state index contributed by atoms with van der Waals surface area (Å²) >= 11 is 0. The van der Waals surface area contributed by atoms with Crippen LogP contribution in [-0.2, 0) is 27.4 Å². The van der Waals surface area contributed by atoms with E-state index < -0.39 is 79.2 Å². The van der Waals surface area contributed by atoms with Crippen molar-refractivity contribution in [3.05, 3.63) is 96.3 Å². The Labute approximate surface area is 314 Å². The van der Waals surface area contributed by atoms with E-state index in [2.05, 4.69) is 19.4 Å². The van der Waals surface area contributed by atoms with E-state index in [9.17, 15) is 40.7 Å². The van der Waals surface area contributed by atoms with E-state index in [4.69, 9.17) is 4.74 Å². The molecule has 0 saturated carbocycles. The van der Waals surface area contributed by atoms with Gasteiger partial charge in [-0.05, 0) is 111 Å². The number of amides is 3. The van der Waals surface area contributed by atoms with Crippen LogP contribution in [-0.4, -0.2) is 74.4 Å². The molecule has 1 aliphatic heterocycles. The number of carbonyl (C=O) groups is 3. The van der Waals surface area contributed by atoms with E-state index in [0.717, 1.165) is 29.2 Å². The Morgan fingerprint density at radius 1 is 0.696 bits per heavy atom. The van der Waals surface area contributed by atoms with Crippen LogP contribution in [0.15, 0.2) is 85.2 Å². The van der Waals surface area contributed by atoms with Crippen molar-refractivity contribution in [2.45, 2.75) is 58.6 Å². The van der Waals surface area contributed by atoms with E-state index in [0.29, 0.717) is 11.1 Å². The van der Waals surface area contributed by atoms with Gasteiger partial charge in [-0.1, -0.05) is 8.96 Å². The predicted octanol–water partition coefficient (Wildman–Crippen LogP) is 8.36. The number of nitrogens with zero attached hydrogens (tertiary/aromatic N) is 5. The summed E-state index contributed by atoms with van der Waals surface area (Å²) in [5.74, 6) is -3.88. The SMILES string of the molecule is CC(C)(C)OC(=O)N1CCC(C(=O)N(F)Cc2ccnc(-c3ccc(OC(F)(F)F)cc3)c2)(C(=O)N(F)Cc2ccnc(-c3ccc(OC(F)(F)F)cc3)c2)C1. The number of halogens is 8. The monoisotopic (exact) mass is 795 g/mol. The van der Waals surface area contributed by atoms with Crippen LogP contribution in [0.4, 0.5) is 40.1 Å². The van der Waals surface area contributed by atoms with Crippen LogP contribution in [0.3, 0.4) is 0 Å². The summed E-state index contributed by atoms with van der Waals surface area (Å²) in [5.41, 5.74) is -2.10. The topological polar surface area (TPSA) is 114 Å². The standard InChI is InChI=1S/C37H33F8N5O6/c1-34(2,3)56-33(53)48-17-14-35(22-48,31(51)49(44)20-23-12-15-46-29(18-23)25-4-8-27(9-5-25)54-36(38,39)40)32(52)50(45)21-24-13-16-47-30(19-24)26-6-10-28(11-7-26)55-37(41,42)43/h4-13,15-16,18-19H,14,17,20-22H2,1-3H3. The van der Waals surface area contributed by atoms with Gasteiger partial charge in [0, 0.05) is 36.6 Å². The van der Waals surface area contributed by atoms with E-state index in [1.807, 2.05) is 0 Å². The molecule has 5 rings (SSSR count). The van der Waals surface area contributed by atoms with E-state index in [-0.39, 0.29) is 39.3 Å². The number of aromatic nitrogens is 2. The summed E-state index contributed by atoms with van der Waals surface area (Å²) in [7, 11) is 0. The average Bonchev–Trinajstić information content (AvgIpc) is 3.57. The first-order valence-corrected chi connectivity index (χ1v) is 16.7. The van der Waals surface area contributed by atoms with Gasteiger partial charge < -0.3 is 19.1 Å². The molecule has 0 unspecified atom stereocenters. The summed E-state index contributed by atoms with van der Waals surface area (Å²) in [4.78, 5) is 50.1. The van der Waals surface area contributed by atoms with Gasteiger partial charge in [0.25, 0.3) is 11.8 Å². The molecule has 0 N–H and O–H groups in total. The quantitative estimate of drug-likeness (QED) is 0.0895. The Morgan fingerprint density at radius 2 is 1.11 bits per heavy atom. The zero-order valence-corrected chi connectivity index (χ0v) is 29.8. The van der Waals surface area contributed by atoms with Crippen LogP contribution >= 0.6 is 0 Å². The minimum Gasteiger partial charge on any atom is -0.444 e. The number of carbonyl (C=O) groups excluding carboxylic acids is 3. The third kappa shape index (κ3) is 10.6. The molecule has 0 radical (unpaired) electrons. The van der Waals surface area contributed by atoms with Gasteiger partial charge in [-0.3, -0.25) is 19.6 Å². The fraction of sp³-hybridized carbons (Fsp3) is 0.324. The lowest BCUT2D eigenvalue weighted by Gasteiger charge is -2.31. The Morgan fingerprint density at radius 3 is 1.48 bits per heavy atom. The molecule has 0 aliphatic carbocycles. The molecule has 1 saturated heterocycles. The van der Waals surface area contributed by atoms with Gasteiger partial charge in [0.15, 0.2) is 5.41 Å². The maximum Gasteiger partial charge on any atom is 0.573 e. The van der Waals surface area contributed by atoms with Crippen molar-refractivity contribution in [2.75, 3.05) is 13.1 Å².